The quantitative estimate of drug-likeness (QED) is 0.675. The molecule has 0 aliphatic carbocycles. The third kappa shape index (κ3) is 4.26. The average Bonchev–Trinajstić information content (AvgIpc) is 2.97. The summed E-state index contributed by atoms with van der Waals surface area (Å²) in [7, 11) is 0. The number of aromatic nitrogens is 1. The van der Waals surface area contributed by atoms with Crippen LogP contribution in [-0.2, 0) is 4.74 Å². The van der Waals surface area contributed by atoms with Crippen LogP contribution in [0.3, 0.4) is 0 Å². The number of likely N-dealkylation sites (tertiary alicyclic amines) is 1. The van der Waals surface area contributed by atoms with Crippen molar-refractivity contribution < 1.29 is 9.53 Å². The van der Waals surface area contributed by atoms with Crippen molar-refractivity contribution in [2.45, 2.75) is 38.8 Å². The van der Waals surface area contributed by atoms with E-state index in [1.165, 1.54) is 0 Å². The molecule has 2 heterocycles. The third-order valence-electron chi connectivity index (χ3n) is 4.05. The van der Waals surface area contributed by atoms with Crippen molar-refractivity contribution in [1.29, 1.82) is 0 Å². The molecule has 0 spiro atoms. The second-order valence-corrected chi connectivity index (χ2v) is 8.55. The number of nitrogens with one attached hydrogen (secondary N) is 1. The van der Waals surface area contributed by atoms with E-state index in [1.807, 2.05) is 32.9 Å². The number of nitrogen functional groups attached to an aromatic ring is 1. The molecule has 2 aromatic rings. The number of anilines is 2. The number of nitrogens with two attached hydrogens (primary N) is 1. The van der Waals surface area contributed by atoms with Crippen molar-refractivity contribution in [1.82, 2.24) is 9.88 Å². The molecule has 0 unspecified atom stereocenters. The Hall–Kier alpha value is -1.77. The lowest BCUT2D eigenvalue weighted by atomic mass is 10.1. The van der Waals surface area contributed by atoms with Gasteiger partial charge in [-0.15, -0.1) is 0 Å². The van der Waals surface area contributed by atoms with E-state index in [2.05, 4.69) is 39.0 Å². The summed E-state index contributed by atoms with van der Waals surface area (Å²) < 4.78 is 6.58. The van der Waals surface area contributed by atoms with Gasteiger partial charge in [0, 0.05) is 28.1 Å². The number of carbonyl (C=O) groups excluding carboxylic acids is 1. The molecule has 1 aliphatic heterocycles. The maximum atomic E-state index is 12.2. The van der Waals surface area contributed by atoms with Gasteiger partial charge in [0.1, 0.15) is 5.60 Å². The number of halogens is 1. The predicted molar refractivity (Wildman–Crippen MR) is 109 cm³/mol. The number of hydrogen-bond donors (Lipinski definition) is 2. The van der Waals surface area contributed by atoms with Crippen LogP contribution in [0, 0.1) is 3.57 Å². The molecule has 7 heteroatoms. The Morgan fingerprint density at radius 3 is 2.92 bits per heavy atom. The van der Waals surface area contributed by atoms with E-state index in [-0.39, 0.29) is 12.1 Å². The van der Waals surface area contributed by atoms with E-state index in [0.717, 1.165) is 26.6 Å². The van der Waals surface area contributed by atoms with E-state index < -0.39 is 5.60 Å². The molecule has 25 heavy (non-hydrogen) atoms. The van der Waals surface area contributed by atoms with Crippen molar-refractivity contribution in [3.8, 4) is 0 Å². The summed E-state index contributed by atoms with van der Waals surface area (Å²) >= 11 is 2.28. The molecule has 1 saturated heterocycles. The van der Waals surface area contributed by atoms with Crippen LogP contribution in [0.4, 0.5) is 16.2 Å². The second kappa shape index (κ2) is 6.86. The van der Waals surface area contributed by atoms with Gasteiger partial charge >= 0.3 is 6.09 Å². The highest BCUT2D eigenvalue weighted by Crippen LogP contribution is 2.31. The van der Waals surface area contributed by atoms with E-state index in [0.29, 0.717) is 18.8 Å². The van der Waals surface area contributed by atoms with Gasteiger partial charge in [-0.3, -0.25) is 4.98 Å². The molecule has 1 aromatic carbocycles. The van der Waals surface area contributed by atoms with Crippen molar-refractivity contribution in [2.24, 2.45) is 0 Å². The minimum Gasteiger partial charge on any atom is -0.444 e. The molecule has 1 aliphatic rings. The van der Waals surface area contributed by atoms with Crippen LogP contribution in [0.5, 0.6) is 0 Å². The molecule has 1 amide bonds. The lowest BCUT2D eigenvalue weighted by Gasteiger charge is -2.24. The van der Waals surface area contributed by atoms with Crippen LogP contribution in [0.2, 0.25) is 0 Å². The fraction of sp³-hybridized carbons (Fsp3) is 0.444. The molecule has 6 nitrogen and oxygen atoms in total. The summed E-state index contributed by atoms with van der Waals surface area (Å²) in [6, 6.07) is 6.22. The molecule has 1 atom stereocenters. The maximum absolute atomic E-state index is 12.2. The van der Waals surface area contributed by atoms with Crippen LogP contribution >= 0.6 is 22.6 Å². The fourth-order valence-corrected chi connectivity index (χ4v) is 3.41. The molecule has 3 N–H and O–H groups in total. The lowest BCUT2D eigenvalue weighted by molar-refractivity contribution is 0.0293. The number of ether oxygens (including phenoxy) is 1. The van der Waals surface area contributed by atoms with Gasteiger partial charge in [0.15, 0.2) is 0 Å². The van der Waals surface area contributed by atoms with Crippen molar-refractivity contribution >= 4 is 51.0 Å². The molecule has 134 valence electrons. The van der Waals surface area contributed by atoms with Gasteiger partial charge in [0.05, 0.1) is 23.1 Å². The van der Waals surface area contributed by atoms with Crippen molar-refractivity contribution in [3.05, 3.63) is 28.0 Å². The third-order valence-corrected chi connectivity index (χ3v) is 4.72. The van der Waals surface area contributed by atoms with Gasteiger partial charge in [-0.25, -0.2) is 4.79 Å². The predicted octanol–water partition coefficient (Wildman–Crippen LogP) is 3.84. The summed E-state index contributed by atoms with van der Waals surface area (Å²) in [6.45, 7) is 6.90. The van der Waals surface area contributed by atoms with Gasteiger partial charge in [0.25, 0.3) is 0 Å². The highest BCUT2D eigenvalue weighted by molar-refractivity contribution is 14.1. The average molecular weight is 454 g/mol. The normalized spacial score (nSPS) is 17.8. The van der Waals surface area contributed by atoms with E-state index >= 15 is 0 Å². The molecule has 0 bridgehead atoms. The molecule has 1 aromatic heterocycles. The van der Waals surface area contributed by atoms with Gasteiger partial charge in [-0.05, 0) is 68.0 Å². The molecular weight excluding hydrogens is 431 g/mol. The highest BCUT2D eigenvalue weighted by atomic mass is 127. The molecule has 0 saturated carbocycles. The van der Waals surface area contributed by atoms with Crippen LogP contribution in [-0.4, -0.2) is 40.7 Å². The first-order chi connectivity index (χ1) is 11.7. The largest absolute Gasteiger partial charge is 0.444 e. The smallest absolute Gasteiger partial charge is 0.410 e. The molecule has 0 radical (unpaired) electrons. The number of amides is 1. The number of pyridine rings is 1. The number of hydrogen-bond acceptors (Lipinski definition) is 5. The van der Waals surface area contributed by atoms with Crippen LogP contribution in [0.1, 0.15) is 27.2 Å². The molecule has 3 rings (SSSR count). The number of nitrogens with zero attached hydrogens (tertiary/aromatic N) is 2. The van der Waals surface area contributed by atoms with Crippen LogP contribution in [0.15, 0.2) is 24.4 Å². The summed E-state index contributed by atoms with van der Waals surface area (Å²) in [5, 5.41) is 4.51. The van der Waals surface area contributed by atoms with Gasteiger partial charge in [0.2, 0.25) is 0 Å². The molecular formula is C18H23IN4O2. The summed E-state index contributed by atoms with van der Waals surface area (Å²) in [4.78, 5) is 18.4. The standard InChI is InChI=1S/C18H23IN4O2/c1-18(2,3)25-17(24)23-7-6-12(10-23)22-16-13-8-11(19)4-5-15(13)21-9-14(16)20/h4-5,8-9,12H,6-7,10,20H2,1-3H3,(H,21,22)/t12-/m1/s1. The Kier molecular flexibility index (Phi) is 4.95. The Morgan fingerprint density at radius 1 is 1.44 bits per heavy atom. The first-order valence-corrected chi connectivity index (χ1v) is 9.39. The summed E-state index contributed by atoms with van der Waals surface area (Å²) in [6.07, 6.45) is 2.27. The van der Waals surface area contributed by atoms with Gasteiger partial charge in [-0.1, -0.05) is 0 Å². The Morgan fingerprint density at radius 2 is 2.20 bits per heavy atom. The Bertz CT molecular complexity index is 798. The Balaban J connectivity index is 1.76. The minimum absolute atomic E-state index is 0.137. The first kappa shape index (κ1) is 18.0. The van der Waals surface area contributed by atoms with Gasteiger partial charge < -0.3 is 20.7 Å². The summed E-state index contributed by atoms with van der Waals surface area (Å²) in [5.74, 6) is 0. The van der Waals surface area contributed by atoms with Gasteiger partial charge in [-0.2, -0.15) is 0 Å². The first-order valence-electron chi connectivity index (χ1n) is 8.31. The number of carbonyl (C=O) groups is 1. The number of fused-ring (bicyclic) bond motifs is 1. The van der Waals surface area contributed by atoms with E-state index in [9.17, 15) is 4.79 Å². The highest BCUT2D eigenvalue weighted by Gasteiger charge is 2.30. The fourth-order valence-electron chi connectivity index (χ4n) is 2.92. The van der Waals surface area contributed by atoms with Crippen molar-refractivity contribution in [2.75, 3.05) is 24.1 Å². The monoisotopic (exact) mass is 454 g/mol. The maximum Gasteiger partial charge on any atom is 0.410 e. The minimum atomic E-state index is -0.481. The van der Waals surface area contributed by atoms with E-state index in [1.54, 1.807) is 11.1 Å². The second-order valence-electron chi connectivity index (χ2n) is 7.31. The summed E-state index contributed by atoms with van der Waals surface area (Å²) in [5.41, 5.74) is 8.09. The zero-order valence-corrected chi connectivity index (χ0v) is 16.8. The zero-order chi connectivity index (χ0) is 18.2. The zero-order valence-electron chi connectivity index (χ0n) is 14.7. The Labute approximate surface area is 161 Å². The topological polar surface area (TPSA) is 80.5 Å². The van der Waals surface area contributed by atoms with Crippen molar-refractivity contribution in [3.63, 3.8) is 0 Å². The number of rotatable bonds is 2. The van der Waals surface area contributed by atoms with Crippen LogP contribution in [0.25, 0.3) is 10.9 Å². The SMILES string of the molecule is CC(C)(C)OC(=O)N1CC[C@@H](Nc2c(N)cnc3ccc(I)cc23)C1. The van der Waals surface area contributed by atoms with E-state index in [4.69, 9.17) is 10.5 Å². The molecule has 1 fully saturated rings. The lowest BCUT2D eigenvalue weighted by Crippen LogP contribution is -2.36. The number of benzene rings is 1. The van der Waals surface area contributed by atoms with Crippen LogP contribution < -0.4 is 11.1 Å².